The SMILES string of the molecule is c1ccc2cc3c(cc2c1)oc1c(N(c2ccc(-c4cccc5ccccc45)cc2)c2ccc(-c4cccc5c4oc4ccc6ccccc6c45)cc2)cccc13. The molecule has 10 aromatic carbocycles. The van der Waals surface area contributed by atoms with Gasteiger partial charge in [0, 0.05) is 38.5 Å². The molecule has 0 fully saturated rings. The van der Waals surface area contributed by atoms with Gasteiger partial charge in [0.2, 0.25) is 0 Å². The Kier molecular flexibility index (Phi) is 6.93. The van der Waals surface area contributed by atoms with E-state index in [4.69, 9.17) is 8.83 Å². The molecule has 0 amide bonds. The molecule has 0 aliphatic rings. The number of hydrogen-bond donors (Lipinski definition) is 0. The van der Waals surface area contributed by atoms with Gasteiger partial charge in [-0.05, 0) is 97.5 Å². The Morgan fingerprint density at radius 1 is 0.316 bits per heavy atom. The number of nitrogens with zero attached hydrogens (tertiary/aromatic N) is 1. The van der Waals surface area contributed by atoms with Crippen molar-refractivity contribution < 1.29 is 8.83 Å². The minimum atomic E-state index is 0.851. The van der Waals surface area contributed by atoms with E-state index >= 15 is 0 Å². The molecular weight excluding hydrogens is 695 g/mol. The first-order valence-corrected chi connectivity index (χ1v) is 19.4. The van der Waals surface area contributed by atoms with Crippen LogP contribution in [0.2, 0.25) is 0 Å². The van der Waals surface area contributed by atoms with E-state index in [1.165, 1.54) is 38.1 Å². The molecule has 2 aromatic heterocycles. The zero-order chi connectivity index (χ0) is 37.5. The van der Waals surface area contributed by atoms with Gasteiger partial charge in [0.25, 0.3) is 0 Å². The summed E-state index contributed by atoms with van der Waals surface area (Å²) in [6.07, 6.45) is 0. The molecule has 12 aromatic rings. The lowest BCUT2D eigenvalue weighted by Gasteiger charge is -2.26. The van der Waals surface area contributed by atoms with Gasteiger partial charge in [-0.25, -0.2) is 0 Å². The third-order valence-corrected chi connectivity index (χ3v) is 11.6. The van der Waals surface area contributed by atoms with Crippen molar-refractivity contribution in [3.8, 4) is 22.3 Å². The van der Waals surface area contributed by atoms with Gasteiger partial charge < -0.3 is 13.7 Å². The van der Waals surface area contributed by atoms with Crippen LogP contribution < -0.4 is 4.90 Å². The zero-order valence-electron chi connectivity index (χ0n) is 30.8. The zero-order valence-corrected chi connectivity index (χ0v) is 30.8. The van der Waals surface area contributed by atoms with Gasteiger partial charge in [0.15, 0.2) is 5.58 Å². The van der Waals surface area contributed by atoms with Gasteiger partial charge >= 0.3 is 0 Å². The molecule has 0 N–H and O–H groups in total. The van der Waals surface area contributed by atoms with Gasteiger partial charge in [0.05, 0.1) is 5.69 Å². The third-order valence-electron chi connectivity index (χ3n) is 11.6. The standard InChI is InChI=1S/C54H33NO2/c1-2-13-39-33-51-48(32-38(39)12-1)46-19-9-21-49(54(46)57-51)55(40-27-22-36(23-28-40)43-17-7-14-34-10-3-5-15-42(34)43)41-29-24-37(25-30-41)45-18-8-20-47-52-44-16-6-4-11-35(44)26-31-50(52)56-53(45)47/h1-33H. The van der Waals surface area contributed by atoms with Crippen molar-refractivity contribution in [1.82, 2.24) is 0 Å². The average molecular weight is 728 g/mol. The maximum Gasteiger partial charge on any atom is 0.159 e. The van der Waals surface area contributed by atoms with Crippen LogP contribution in [0.5, 0.6) is 0 Å². The monoisotopic (exact) mass is 727 g/mol. The number of fused-ring (bicyclic) bond motifs is 10. The fourth-order valence-corrected chi connectivity index (χ4v) is 8.92. The molecule has 0 saturated carbocycles. The largest absolute Gasteiger partial charge is 0.455 e. The van der Waals surface area contributed by atoms with Crippen LogP contribution in [0.15, 0.2) is 209 Å². The highest BCUT2D eigenvalue weighted by atomic mass is 16.3. The van der Waals surface area contributed by atoms with Crippen LogP contribution in [-0.2, 0) is 0 Å². The second-order valence-corrected chi connectivity index (χ2v) is 14.9. The van der Waals surface area contributed by atoms with Crippen LogP contribution >= 0.6 is 0 Å². The van der Waals surface area contributed by atoms with Gasteiger partial charge in [-0.2, -0.15) is 0 Å². The Labute approximate surface area is 328 Å². The third kappa shape index (κ3) is 4.99. The molecule has 0 radical (unpaired) electrons. The quantitative estimate of drug-likeness (QED) is 0.177. The van der Waals surface area contributed by atoms with Crippen molar-refractivity contribution in [2.75, 3.05) is 4.90 Å². The van der Waals surface area contributed by atoms with E-state index in [0.29, 0.717) is 0 Å². The number of para-hydroxylation sites is 2. The van der Waals surface area contributed by atoms with E-state index in [1.807, 2.05) is 0 Å². The fourth-order valence-electron chi connectivity index (χ4n) is 8.92. The summed E-state index contributed by atoms with van der Waals surface area (Å²) in [5.41, 5.74) is 11.1. The highest BCUT2D eigenvalue weighted by Crippen LogP contribution is 2.45. The molecule has 57 heavy (non-hydrogen) atoms. The predicted octanol–water partition coefficient (Wildman–Crippen LogP) is 15.7. The first kappa shape index (κ1) is 31.7. The number of rotatable bonds is 5. The molecule has 0 bridgehead atoms. The number of anilines is 3. The molecular formula is C54H33NO2. The number of furan rings is 2. The number of hydrogen-bond acceptors (Lipinski definition) is 3. The van der Waals surface area contributed by atoms with E-state index in [1.54, 1.807) is 0 Å². The first-order chi connectivity index (χ1) is 28.2. The van der Waals surface area contributed by atoms with Gasteiger partial charge in [0.1, 0.15) is 16.7 Å². The highest BCUT2D eigenvalue weighted by molar-refractivity contribution is 6.21. The van der Waals surface area contributed by atoms with Crippen LogP contribution in [-0.4, -0.2) is 0 Å². The topological polar surface area (TPSA) is 29.5 Å². The van der Waals surface area contributed by atoms with E-state index in [9.17, 15) is 0 Å². The van der Waals surface area contributed by atoms with Crippen molar-refractivity contribution in [3.05, 3.63) is 200 Å². The molecule has 0 spiro atoms. The lowest BCUT2D eigenvalue weighted by molar-refractivity contribution is 0.669. The fraction of sp³-hybridized carbons (Fsp3) is 0. The Balaban J connectivity index is 1.02. The molecule has 3 heteroatoms. The van der Waals surface area contributed by atoms with E-state index in [2.05, 4.69) is 205 Å². The van der Waals surface area contributed by atoms with Crippen LogP contribution in [0.25, 0.3) is 98.4 Å². The first-order valence-electron chi connectivity index (χ1n) is 19.4. The molecule has 3 nitrogen and oxygen atoms in total. The molecule has 266 valence electrons. The van der Waals surface area contributed by atoms with Crippen LogP contribution in [0.4, 0.5) is 17.1 Å². The van der Waals surface area contributed by atoms with Gasteiger partial charge in [-0.3, -0.25) is 0 Å². The minimum Gasteiger partial charge on any atom is -0.455 e. The second-order valence-electron chi connectivity index (χ2n) is 14.9. The summed E-state index contributed by atoms with van der Waals surface area (Å²) >= 11 is 0. The summed E-state index contributed by atoms with van der Waals surface area (Å²) in [5, 5.41) is 11.7. The van der Waals surface area contributed by atoms with Crippen molar-refractivity contribution in [1.29, 1.82) is 0 Å². The van der Waals surface area contributed by atoms with E-state index < -0.39 is 0 Å². The van der Waals surface area contributed by atoms with E-state index in [0.717, 1.165) is 77.5 Å². The predicted molar refractivity (Wildman–Crippen MR) is 239 cm³/mol. The highest BCUT2D eigenvalue weighted by Gasteiger charge is 2.21. The summed E-state index contributed by atoms with van der Waals surface area (Å²) in [6.45, 7) is 0. The summed E-state index contributed by atoms with van der Waals surface area (Å²) in [4.78, 5) is 2.31. The Hall–Kier alpha value is -7.62. The smallest absolute Gasteiger partial charge is 0.159 e. The average Bonchev–Trinajstić information content (AvgIpc) is 3.85. The molecule has 2 heterocycles. The summed E-state index contributed by atoms with van der Waals surface area (Å²) in [7, 11) is 0. The minimum absolute atomic E-state index is 0.851. The van der Waals surface area contributed by atoms with Crippen molar-refractivity contribution in [2.24, 2.45) is 0 Å². The van der Waals surface area contributed by atoms with Crippen LogP contribution in [0.1, 0.15) is 0 Å². The lowest BCUT2D eigenvalue weighted by Crippen LogP contribution is -2.10. The Morgan fingerprint density at radius 2 is 0.860 bits per heavy atom. The Morgan fingerprint density at radius 3 is 1.63 bits per heavy atom. The summed E-state index contributed by atoms with van der Waals surface area (Å²) in [6, 6.07) is 71.4. The molecule has 0 aliphatic carbocycles. The van der Waals surface area contributed by atoms with Crippen molar-refractivity contribution >= 4 is 93.3 Å². The Bertz CT molecular complexity index is 3510. The van der Waals surface area contributed by atoms with Crippen LogP contribution in [0.3, 0.4) is 0 Å². The number of benzene rings is 10. The molecule has 0 saturated heterocycles. The van der Waals surface area contributed by atoms with E-state index in [-0.39, 0.29) is 0 Å². The lowest BCUT2D eigenvalue weighted by atomic mass is 9.98. The second kappa shape index (κ2) is 12.5. The summed E-state index contributed by atoms with van der Waals surface area (Å²) in [5.74, 6) is 0. The molecule has 0 unspecified atom stereocenters. The molecule has 0 atom stereocenters. The molecule has 12 rings (SSSR count). The summed E-state index contributed by atoms with van der Waals surface area (Å²) < 4.78 is 13.4. The van der Waals surface area contributed by atoms with Crippen LogP contribution in [0, 0.1) is 0 Å². The van der Waals surface area contributed by atoms with Crippen molar-refractivity contribution in [2.45, 2.75) is 0 Å². The van der Waals surface area contributed by atoms with Crippen molar-refractivity contribution in [3.63, 3.8) is 0 Å². The maximum absolute atomic E-state index is 6.80. The van der Waals surface area contributed by atoms with Gasteiger partial charge in [-0.1, -0.05) is 152 Å². The maximum atomic E-state index is 6.80. The molecule has 0 aliphatic heterocycles. The normalized spacial score (nSPS) is 11.9. The van der Waals surface area contributed by atoms with Gasteiger partial charge in [-0.15, -0.1) is 0 Å².